The Morgan fingerprint density at radius 2 is 1.85 bits per heavy atom. The Balaban J connectivity index is 0.00000306. The first-order valence-electron chi connectivity index (χ1n) is 11.8. The zero-order valence-electron chi connectivity index (χ0n) is 19.6. The molecule has 2 unspecified atom stereocenters. The fourth-order valence-electron chi connectivity index (χ4n) is 4.80. The van der Waals surface area contributed by atoms with E-state index < -0.39 is 0 Å². The Hall–Kier alpha value is -2.13. The molecule has 0 radical (unpaired) electrons. The number of amides is 1. The van der Waals surface area contributed by atoms with E-state index in [1.165, 1.54) is 42.5 Å². The van der Waals surface area contributed by atoms with Crippen LogP contribution >= 0.6 is 24.0 Å². The number of aliphatic imine (C=N–C) groups is 1. The van der Waals surface area contributed by atoms with Crippen LogP contribution in [0.25, 0.3) is 0 Å². The molecule has 2 aromatic rings. The zero-order chi connectivity index (χ0) is 22.3. The van der Waals surface area contributed by atoms with Gasteiger partial charge in [-0.25, -0.2) is 0 Å². The number of piperidine rings is 1. The van der Waals surface area contributed by atoms with Gasteiger partial charge >= 0.3 is 0 Å². The summed E-state index contributed by atoms with van der Waals surface area (Å²) in [5.74, 6) is 0.959. The molecule has 0 bridgehead atoms. The Bertz CT molecular complexity index is 963. The van der Waals surface area contributed by atoms with Crippen molar-refractivity contribution in [2.75, 3.05) is 25.5 Å². The van der Waals surface area contributed by atoms with Crippen molar-refractivity contribution in [3.05, 3.63) is 65.2 Å². The number of nitrogens with one attached hydrogen (secondary N) is 3. The van der Waals surface area contributed by atoms with Crippen LogP contribution < -0.4 is 16.0 Å². The summed E-state index contributed by atoms with van der Waals surface area (Å²) < 4.78 is 0. The van der Waals surface area contributed by atoms with Gasteiger partial charge in [0.1, 0.15) is 0 Å². The van der Waals surface area contributed by atoms with E-state index in [0.29, 0.717) is 19.0 Å². The van der Waals surface area contributed by atoms with Crippen molar-refractivity contribution in [3.8, 4) is 0 Å². The van der Waals surface area contributed by atoms with Crippen molar-refractivity contribution in [2.45, 2.75) is 57.7 Å². The first kappa shape index (κ1) is 25.5. The number of rotatable bonds is 6. The molecule has 2 aliphatic heterocycles. The van der Waals surface area contributed by atoms with Gasteiger partial charge < -0.3 is 16.0 Å². The van der Waals surface area contributed by atoms with Crippen molar-refractivity contribution >= 4 is 41.5 Å². The molecule has 1 fully saturated rings. The fraction of sp³-hybridized carbons (Fsp3) is 0.462. The summed E-state index contributed by atoms with van der Waals surface area (Å²) in [7, 11) is 1.79. The highest BCUT2D eigenvalue weighted by Gasteiger charge is 2.25. The van der Waals surface area contributed by atoms with Gasteiger partial charge in [0.25, 0.3) is 0 Å². The number of para-hydroxylation sites is 1. The number of nitrogens with zero attached hydrogens (tertiary/aromatic N) is 2. The van der Waals surface area contributed by atoms with Gasteiger partial charge in [-0.1, -0.05) is 48.9 Å². The second-order valence-electron chi connectivity index (χ2n) is 8.93. The molecule has 1 saturated heterocycles. The van der Waals surface area contributed by atoms with Crippen molar-refractivity contribution in [3.63, 3.8) is 0 Å². The molecule has 2 aromatic carbocycles. The maximum atomic E-state index is 12.1. The number of carbonyl (C=O) groups is 1. The van der Waals surface area contributed by atoms with Gasteiger partial charge in [-0.05, 0) is 49.1 Å². The predicted octanol–water partition coefficient (Wildman–Crippen LogP) is 4.47. The number of carbonyl (C=O) groups excluding carboxylic acids is 1. The van der Waals surface area contributed by atoms with Gasteiger partial charge in [0.05, 0.1) is 0 Å². The molecule has 178 valence electrons. The normalized spacial score (nSPS) is 20.9. The number of likely N-dealkylation sites (tertiary alicyclic amines) is 1. The van der Waals surface area contributed by atoms with Crippen LogP contribution in [0.15, 0.2) is 53.5 Å². The van der Waals surface area contributed by atoms with Gasteiger partial charge in [0.15, 0.2) is 5.96 Å². The minimum absolute atomic E-state index is 0. The van der Waals surface area contributed by atoms with E-state index in [9.17, 15) is 4.79 Å². The van der Waals surface area contributed by atoms with Crippen LogP contribution in [-0.4, -0.2) is 42.9 Å². The number of benzene rings is 2. The first-order valence-corrected chi connectivity index (χ1v) is 11.8. The van der Waals surface area contributed by atoms with E-state index in [2.05, 4.69) is 63.1 Å². The molecule has 33 heavy (non-hydrogen) atoms. The van der Waals surface area contributed by atoms with Gasteiger partial charge in [0, 0.05) is 50.7 Å². The van der Waals surface area contributed by atoms with Gasteiger partial charge in [-0.3, -0.25) is 14.7 Å². The molecule has 2 heterocycles. The van der Waals surface area contributed by atoms with Crippen LogP contribution in [0.5, 0.6) is 0 Å². The average Bonchev–Trinajstić information content (AvgIpc) is 2.81. The highest BCUT2D eigenvalue weighted by atomic mass is 127. The van der Waals surface area contributed by atoms with E-state index >= 15 is 0 Å². The molecule has 4 rings (SSSR count). The smallest absolute Gasteiger partial charge is 0.225 e. The van der Waals surface area contributed by atoms with E-state index in [1.807, 2.05) is 18.2 Å². The first-order chi connectivity index (χ1) is 15.6. The molecule has 3 N–H and O–H groups in total. The molecule has 1 amide bonds. The number of hydrogen-bond acceptors (Lipinski definition) is 3. The minimum Gasteiger partial charge on any atom is -0.356 e. The Morgan fingerprint density at radius 1 is 1.09 bits per heavy atom. The van der Waals surface area contributed by atoms with E-state index in [1.54, 1.807) is 7.05 Å². The summed E-state index contributed by atoms with van der Waals surface area (Å²) in [5, 5.41) is 9.86. The predicted molar refractivity (Wildman–Crippen MR) is 146 cm³/mol. The Morgan fingerprint density at radius 3 is 2.64 bits per heavy atom. The summed E-state index contributed by atoms with van der Waals surface area (Å²) in [4.78, 5) is 19.1. The summed E-state index contributed by atoms with van der Waals surface area (Å²) in [6.45, 7) is 5.91. The lowest BCUT2D eigenvalue weighted by Crippen LogP contribution is -2.40. The van der Waals surface area contributed by atoms with Crippen LogP contribution in [0.1, 0.15) is 55.2 Å². The van der Waals surface area contributed by atoms with Gasteiger partial charge in [-0.15, -0.1) is 24.0 Å². The number of fused-ring (bicyclic) bond motifs is 1. The number of guanidine groups is 1. The highest BCUT2D eigenvalue weighted by Crippen LogP contribution is 2.31. The number of halogens is 1. The topological polar surface area (TPSA) is 68.8 Å². The standard InChI is InChI=1S/C26H35N5O.HI/c1-19-9-7-8-14-31(19)18-21-11-4-3-10-20(21)16-28-26(27-2)29-17-22-15-25(32)30-24-13-6-5-12-23(22)24;/h3-6,10-13,19,22H,7-9,14-18H2,1-2H3,(H,30,32)(H2,27,28,29);1H. The molecule has 0 aromatic heterocycles. The third-order valence-electron chi connectivity index (χ3n) is 6.72. The van der Waals surface area contributed by atoms with E-state index in [-0.39, 0.29) is 35.8 Å². The van der Waals surface area contributed by atoms with Crippen LogP contribution in [0, 0.1) is 0 Å². The lowest BCUT2D eigenvalue weighted by Gasteiger charge is -2.33. The van der Waals surface area contributed by atoms with Gasteiger partial charge in [-0.2, -0.15) is 0 Å². The van der Waals surface area contributed by atoms with Crippen molar-refractivity contribution in [1.82, 2.24) is 15.5 Å². The van der Waals surface area contributed by atoms with Crippen molar-refractivity contribution in [1.29, 1.82) is 0 Å². The van der Waals surface area contributed by atoms with Crippen LogP contribution in [0.4, 0.5) is 5.69 Å². The highest BCUT2D eigenvalue weighted by molar-refractivity contribution is 14.0. The fourth-order valence-corrected chi connectivity index (χ4v) is 4.80. The van der Waals surface area contributed by atoms with Crippen LogP contribution in [0.3, 0.4) is 0 Å². The molecule has 7 heteroatoms. The molecule has 0 saturated carbocycles. The second kappa shape index (κ2) is 12.4. The molecular weight excluding hydrogens is 525 g/mol. The lowest BCUT2D eigenvalue weighted by atomic mass is 9.90. The van der Waals surface area contributed by atoms with Crippen LogP contribution in [0.2, 0.25) is 0 Å². The quantitative estimate of drug-likeness (QED) is 0.277. The molecule has 2 atom stereocenters. The van der Waals surface area contributed by atoms with Crippen molar-refractivity contribution in [2.24, 2.45) is 4.99 Å². The Kier molecular flexibility index (Phi) is 9.55. The average molecular weight is 562 g/mol. The second-order valence-corrected chi connectivity index (χ2v) is 8.93. The maximum Gasteiger partial charge on any atom is 0.225 e. The minimum atomic E-state index is 0. The summed E-state index contributed by atoms with van der Waals surface area (Å²) in [6, 6.07) is 17.4. The number of anilines is 1. The summed E-state index contributed by atoms with van der Waals surface area (Å²) >= 11 is 0. The molecule has 6 nitrogen and oxygen atoms in total. The molecule has 0 spiro atoms. The lowest BCUT2D eigenvalue weighted by molar-refractivity contribution is -0.116. The summed E-state index contributed by atoms with van der Waals surface area (Å²) in [5.41, 5.74) is 4.77. The van der Waals surface area contributed by atoms with Crippen molar-refractivity contribution < 1.29 is 4.79 Å². The third-order valence-corrected chi connectivity index (χ3v) is 6.72. The monoisotopic (exact) mass is 561 g/mol. The largest absolute Gasteiger partial charge is 0.356 e. The SMILES string of the molecule is CN=C(NCc1ccccc1CN1CCCCC1C)NCC1CC(=O)Nc2ccccc21.I. The van der Waals surface area contributed by atoms with E-state index in [0.717, 1.165) is 24.7 Å². The Labute approximate surface area is 214 Å². The zero-order valence-corrected chi connectivity index (χ0v) is 22.0. The molecule has 0 aliphatic carbocycles. The van der Waals surface area contributed by atoms with Crippen LogP contribution in [-0.2, 0) is 17.9 Å². The van der Waals surface area contributed by atoms with Gasteiger partial charge in [0.2, 0.25) is 5.91 Å². The number of hydrogen-bond donors (Lipinski definition) is 3. The summed E-state index contributed by atoms with van der Waals surface area (Å²) in [6.07, 6.45) is 4.41. The molecular formula is C26H36IN5O. The molecule has 2 aliphatic rings. The third kappa shape index (κ3) is 6.69. The maximum absolute atomic E-state index is 12.1. The van der Waals surface area contributed by atoms with E-state index in [4.69, 9.17) is 0 Å².